The van der Waals surface area contributed by atoms with Crippen molar-refractivity contribution >= 4 is 0 Å². The Hall–Kier alpha value is -4.36. The highest BCUT2D eigenvalue weighted by atomic mass is 16.5. The van der Waals surface area contributed by atoms with Gasteiger partial charge in [0, 0.05) is 24.0 Å². The zero-order chi connectivity index (χ0) is 24.7. The molecule has 35 heavy (non-hydrogen) atoms. The number of phenols is 6. The Kier molecular flexibility index (Phi) is 5.62. The van der Waals surface area contributed by atoms with Gasteiger partial charge in [0.25, 0.3) is 0 Å². The first-order valence-electron chi connectivity index (χ1n) is 11.1. The van der Waals surface area contributed by atoms with Gasteiger partial charge in [-0.1, -0.05) is 24.3 Å². The molecule has 0 amide bonds. The fourth-order valence-corrected chi connectivity index (χ4v) is 4.99. The van der Waals surface area contributed by atoms with Crippen LogP contribution in [0.25, 0.3) is 0 Å². The third-order valence-electron chi connectivity index (χ3n) is 6.40. The zero-order valence-electron chi connectivity index (χ0n) is 18.5. The van der Waals surface area contributed by atoms with E-state index in [1.807, 2.05) is 0 Å². The van der Waals surface area contributed by atoms with Gasteiger partial charge in [0.05, 0.1) is 12.2 Å². The first-order chi connectivity index (χ1) is 16.8. The van der Waals surface area contributed by atoms with Gasteiger partial charge in [-0.05, 0) is 70.8 Å². The van der Waals surface area contributed by atoms with Crippen LogP contribution in [0.15, 0.2) is 84.9 Å². The maximum Gasteiger partial charge on any atom is 0.119 e. The quantitative estimate of drug-likeness (QED) is 0.238. The molecule has 0 aliphatic carbocycles. The third kappa shape index (κ3) is 4.41. The second kappa shape index (κ2) is 8.77. The van der Waals surface area contributed by atoms with E-state index in [9.17, 15) is 30.6 Å². The monoisotopic (exact) mass is 472 g/mol. The van der Waals surface area contributed by atoms with Crippen molar-refractivity contribution in [2.24, 2.45) is 0 Å². The molecule has 7 nitrogen and oxygen atoms in total. The van der Waals surface area contributed by atoms with Gasteiger partial charge in [-0.2, -0.15) is 0 Å². The van der Waals surface area contributed by atoms with Crippen LogP contribution in [-0.2, 0) is 4.74 Å². The molecule has 1 saturated heterocycles. The molecule has 4 aromatic rings. The van der Waals surface area contributed by atoms with Crippen molar-refractivity contribution in [1.29, 1.82) is 0 Å². The van der Waals surface area contributed by atoms with Gasteiger partial charge in [0.2, 0.25) is 0 Å². The van der Waals surface area contributed by atoms with Crippen molar-refractivity contribution < 1.29 is 35.4 Å². The van der Waals surface area contributed by atoms with Crippen LogP contribution in [0, 0.1) is 0 Å². The molecule has 7 heteroatoms. The summed E-state index contributed by atoms with van der Waals surface area (Å²) in [5.41, 5.74) is 2.70. The number of hydrogen-bond donors (Lipinski definition) is 6. The summed E-state index contributed by atoms with van der Waals surface area (Å²) in [4.78, 5) is 0. The molecule has 6 N–H and O–H groups in total. The largest absolute Gasteiger partial charge is 0.508 e. The summed E-state index contributed by atoms with van der Waals surface area (Å²) in [6.07, 6.45) is -1.16. The van der Waals surface area contributed by atoms with Crippen LogP contribution in [0.3, 0.4) is 0 Å². The molecular weight excluding hydrogens is 448 g/mol. The Morgan fingerprint density at radius 3 is 1.00 bits per heavy atom. The molecular formula is C28H24O7. The van der Waals surface area contributed by atoms with E-state index in [-0.39, 0.29) is 34.5 Å². The van der Waals surface area contributed by atoms with E-state index in [1.165, 1.54) is 12.1 Å². The second-order valence-corrected chi connectivity index (χ2v) is 8.78. The minimum atomic E-state index is -0.579. The SMILES string of the molecule is Oc1ccc([C@H]2O[C@H](c3ccc(O)cc3)[C@@H](c3cc(O)cc(O)c3)[C@H]2c2cc(O)cc(O)c2)cc1. The maximum absolute atomic E-state index is 10.3. The van der Waals surface area contributed by atoms with Crippen LogP contribution in [-0.4, -0.2) is 30.6 Å². The van der Waals surface area contributed by atoms with Gasteiger partial charge in [0.15, 0.2) is 0 Å². The van der Waals surface area contributed by atoms with E-state index in [2.05, 4.69) is 0 Å². The molecule has 0 aromatic heterocycles. The number of ether oxygens (including phenoxy) is 1. The molecule has 0 radical (unpaired) electrons. The molecule has 1 aliphatic heterocycles. The van der Waals surface area contributed by atoms with Crippen molar-refractivity contribution in [2.75, 3.05) is 0 Å². The zero-order valence-corrected chi connectivity index (χ0v) is 18.5. The van der Waals surface area contributed by atoms with E-state index in [0.717, 1.165) is 11.1 Å². The Labute approximate surface area is 201 Å². The first-order valence-corrected chi connectivity index (χ1v) is 11.1. The van der Waals surface area contributed by atoms with Gasteiger partial charge in [0.1, 0.15) is 34.5 Å². The van der Waals surface area contributed by atoms with E-state index < -0.39 is 24.0 Å². The molecule has 0 unspecified atom stereocenters. The summed E-state index contributed by atoms with van der Waals surface area (Å²) in [6.45, 7) is 0. The topological polar surface area (TPSA) is 131 Å². The van der Waals surface area contributed by atoms with Crippen LogP contribution in [0.1, 0.15) is 46.3 Å². The average molecular weight is 472 g/mol. The Morgan fingerprint density at radius 2 is 0.686 bits per heavy atom. The smallest absolute Gasteiger partial charge is 0.119 e. The molecule has 4 aromatic carbocycles. The van der Waals surface area contributed by atoms with Gasteiger partial charge in [-0.25, -0.2) is 0 Å². The van der Waals surface area contributed by atoms with Gasteiger partial charge < -0.3 is 35.4 Å². The van der Waals surface area contributed by atoms with Crippen LogP contribution < -0.4 is 0 Å². The molecule has 1 aliphatic rings. The third-order valence-corrected chi connectivity index (χ3v) is 6.40. The minimum Gasteiger partial charge on any atom is -0.508 e. The fraction of sp³-hybridized carbons (Fsp3) is 0.143. The highest BCUT2D eigenvalue weighted by molar-refractivity contribution is 5.47. The highest BCUT2D eigenvalue weighted by Gasteiger charge is 2.47. The number of hydrogen-bond acceptors (Lipinski definition) is 7. The lowest BCUT2D eigenvalue weighted by Crippen LogP contribution is -2.14. The van der Waals surface area contributed by atoms with Crippen molar-refractivity contribution in [1.82, 2.24) is 0 Å². The predicted molar refractivity (Wildman–Crippen MR) is 128 cm³/mol. The fourth-order valence-electron chi connectivity index (χ4n) is 4.99. The predicted octanol–water partition coefficient (Wildman–Crippen LogP) is 5.30. The van der Waals surface area contributed by atoms with Crippen LogP contribution >= 0.6 is 0 Å². The van der Waals surface area contributed by atoms with E-state index in [1.54, 1.807) is 72.8 Å². The summed E-state index contributed by atoms with van der Waals surface area (Å²) in [5.74, 6) is -1.21. The van der Waals surface area contributed by atoms with Gasteiger partial charge in [-0.3, -0.25) is 0 Å². The molecule has 0 saturated carbocycles. The molecule has 4 atom stereocenters. The number of aromatic hydroxyl groups is 6. The number of rotatable bonds is 4. The highest BCUT2D eigenvalue weighted by Crippen LogP contribution is 2.59. The molecule has 0 spiro atoms. The van der Waals surface area contributed by atoms with E-state index in [4.69, 9.17) is 4.74 Å². The summed E-state index contributed by atoms with van der Waals surface area (Å²) in [5, 5.41) is 60.7. The average Bonchev–Trinajstić information content (AvgIpc) is 3.19. The second-order valence-electron chi connectivity index (χ2n) is 8.78. The van der Waals surface area contributed by atoms with E-state index >= 15 is 0 Å². The summed E-state index contributed by atoms with van der Waals surface area (Å²) in [7, 11) is 0. The molecule has 5 rings (SSSR count). The van der Waals surface area contributed by atoms with Gasteiger partial charge in [-0.15, -0.1) is 0 Å². The Morgan fingerprint density at radius 1 is 0.371 bits per heavy atom. The lowest BCUT2D eigenvalue weighted by atomic mass is 9.75. The first kappa shape index (κ1) is 22.4. The lowest BCUT2D eigenvalue weighted by molar-refractivity contribution is 0.0366. The number of benzene rings is 4. The normalized spacial score (nSPS) is 21.7. The van der Waals surface area contributed by atoms with Crippen LogP contribution in [0.5, 0.6) is 34.5 Å². The maximum atomic E-state index is 10.3. The Balaban J connectivity index is 1.74. The van der Waals surface area contributed by atoms with Crippen molar-refractivity contribution in [2.45, 2.75) is 24.0 Å². The lowest BCUT2D eigenvalue weighted by Gasteiger charge is -2.26. The van der Waals surface area contributed by atoms with E-state index in [0.29, 0.717) is 11.1 Å². The Bertz CT molecular complexity index is 1200. The van der Waals surface area contributed by atoms with Crippen molar-refractivity contribution in [3.05, 3.63) is 107 Å². The van der Waals surface area contributed by atoms with Gasteiger partial charge >= 0.3 is 0 Å². The standard InChI is InChI=1S/C28H24O7/c29-19-5-1-15(2-6-19)27-25(17-9-21(31)13-22(32)10-17)26(18-11-23(33)14-24(34)12-18)28(35-27)16-3-7-20(30)8-4-16/h1-14,25-34H/t25-,26+,27-,28-/m1/s1. The van der Waals surface area contributed by atoms with Crippen LogP contribution in [0.4, 0.5) is 0 Å². The van der Waals surface area contributed by atoms with Crippen molar-refractivity contribution in [3.8, 4) is 34.5 Å². The minimum absolute atomic E-state index is 0.0998. The molecule has 0 bridgehead atoms. The summed E-state index contributed by atoms with van der Waals surface area (Å²) in [6, 6.07) is 21.9. The summed E-state index contributed by atoms with van der Waals surface area (Å²) >= 11 is 0. The van der Waals surface area contributed by atoms with Crippen LogP contribution in [0.2, 0.25) is 0 Å². The molecule has 178 valence electrons. The summed E-state index contributed by atoms with van der Waals surface area (Å²) < 4.78 is 6.62. The molecule has 1 fully saturated rings. The van der Waals surface area contributed by atoms with Crippen molar-refractivity contribution in [3.63, 3.8) is 0 Å². The molecule has 1 heterocycles. The number of phenolic OH excluding ortho intramolecular Hbond substituents is 6.